The molecule has 0 saturated carbocycles. The van der Waals surface area contributed by atoms with Gasteiger partial charge in [0.25, 0.3) is 6.02 Å². The minimum atomic E-state index is -0.373. The molecule has 220 valence electrons. The van der Waals surface area contributed by atoms with Crippen molar-refractivity contribution in [1.29, 1.82) is 0 Å². The van der Waals surface area contributed by atoms with Gasteiger partial charge in [0.1, 0.15) is 11.7 Å². The maximum Gasteiger partial charge on any atom is 0.291 e. The molecule has 0 aliphatic carbocycles. The third-order valence-electron chi connectivity index (χ3n) is 6.77. The van der Waals surface area contributed by atoms with Crippen LogP contribution in [0.3, 0.4) is 0 Å². The fourth-order valence-electron chi connectivity index (χ4n) is 4.73. The first kappa shape index (κ1) is 28.2. The smallest absolute Gasteiger partial charge is 0.291 e. The molecule has 0 spiro atoms. The number of rotatable bonds is 8. The van der Waals surface area contributed by atoms with Gasteiger partial charge in [-0.2, -0.15) is 4.99 Å². The first-order valence-corrected chi connectivity index (χ1v) is 14.1. The van der Waals surface area contributed by atoms with Crippen molar-refractivity contribution < 1.29 is 15.3 Å². The third-order valence-corrected chi connectivity index (χ3v) is 6.77. The van der Waals surface area contributed by atoms with Crippen LogP contribution in [0.5, 0.6) is 0 Å². The van der Waals surface area contributed by atoms with Gasteiger partial charge in [-0.25, -0.2) is 9.98 Å². The number of amidine groups is 3. The molecule has 0 bridgehead atoms. The lowest BCUT2D eigenvalue weighted by atomic mass is 10.1. The van der Waals surface area contributed by atoms with Crippen LogP contribution in [0, 0.1) is 0 Å². The predicted octanol–water partition coefficient (Wildman–Crippen LogP) is 5.32. The minimum absolute atomic E-state index is 0.177. The Kier molecular flexibility index (Phi) is 8.26. The van der Waals surface area contributed by atoms with E-state index in [-0.39, 0.29) is 17.8 Å². The molecule has 6 rings (SSSR count). The van der Waals surface area contributed by atoms with E-state index in [0.29, 0.717) is 33.9 Å². The van der Waals surface area contributed by atoms with Crippen LogP contribution in [0.25, 0.3) is 0 Å². The van der Waals surface area contributed by atoms with E-state index in [1.807, 2.05) is 36.4 Å². The fraction of sp³-hybridized carbons (Fsp3) is 0.121. The monoisotopic (exact) mass is 586 g/mol. The van der Waals surface area contributed by atoms with E-state index in [1.165, 1.54) is 0 Å². The number of hydrogen-bond acceptors (Lipinski definition) is 7. The largest absolute Gasteiger partial charge is 0.493 e. The summed E-state index contributed by atoms with van der Waals surface area (Å²) in [5, 5.41) is 41.3. The number of aliphatic imine (C=N–C) groups is 5. The highest BCUT2D eigenvalue weighted by Gasteiger charge is 2.11. The van der Waals surface area contributed by atoms with Crippen LogP contribution in [0.2, 0.25) is 0 Å². The van der Waals surface area contributed by atoms with E-state index in [2.05, 4.69) is 40.9 Å². The summed E-state index contributed by atoms with van der Waals surface area (Å²) in [5.41, 5.74) is 4.73. The van der Waals surface area contributed by atoms with Crippen LogP contribution in [-0.2, 0) is 0 Å². The van der Waals surface area contributed by atoms with Crippen LogP contribution in [0.4, 0.5) is 22.7 Å². The maximum absolute atomic E-state index is 10.7. The molecule has 0 amide bonds. The molecule has 2 aliphatic heterocycles. The highest BCUT2D eigenvalue weighted by atomic mass is 16.3. The van der Waals surface area contributed by atoms with Gasteiger partial charge >= 0.3 is 0 Å². The summed E-state index contributed by atoms with van der Waals surface area (Å²) in [5.74, 6) is 1.26. The molecule has 4 aromatic carbocycles. The Bertz CT molecular complexity index is 1840. The second kappa shape index (κ2) is 12.9. The molecule has 11 heteroatoms. The topological polar surface area (TPSA) is 159 Å². The van der Waals surface area contributed by atoms with Gasteiger partial charge in [-0.05, 0) is 60.7 Å². The number of anilines is 1. The minimum Gasteiger partial charge on any atom is -0.493 e. The van der Waals surface area contributed by atoms with Gasteiger partial charge in [0.15, 0.2) is 0 Å². The van der Waals surface area contributed by atoms with Crippen molar-refractivity contribution >= 4 is 52.2 Å². The van der Waals surface area contributed by atoms with Crippen molar-refractivity contribution in [2.45, 2.75) is 0 Å². The van der Waals surface area contributed by atoms with Crippen LogP contribution in [-0.4, -0.2) is 71.0 Å². The number of benzene rings is 4. The van der Waals surface area contributed by atoms with Crippen LogP contribution < -0.4 is 16.0 Å². The number of aliphatic hydroxyl groups is 3. The van der Waals surface area contributed by atoms with Crippen molar-refractivity contribution in [2.75, 3.05) is 31.5 Å². The standard InChI is InChI=1S/C33H30N8O3/c42-31(38-25-9-1-5-21(17-25)29-34-13-14-35-29)23-7-3-11-27(19-23)40-33(44)41-28-12-4-8-24(20-28)32(43)39-26-10-2-6-22(18-26)30-36-15-16-37-30/h1-12,17-20H,13-16H2,(H,34,35)(H,36,37)(H,38,42)(H,39,43)(H2,40,41,44). The van der Waals surface area contributed by atoms with Crippen molar-refractivity contribution in [1.82, 2.24) is 10.6 Å². The van der Waals surface area contributed by atoms with Gasteiger partial charge in [0, 0.05) is 41.0 Å². The van der Waals surface area contributed by atoms with Crippen LogP contribution in [0.1, 0.15) is 22.3 Å². The highest BCUT2D eigenvalue weighted by molar-refractivity contribution is 6.02. The molecule has 4 aromatic rings. The van der Waals surface area contributed by atoms with E-state index in [1.54, 1.807) is 60.7 Å². The lowest BCUT2D eigenvalue weighted by molar-refractivity contribution is 0.550. The second-order valence-corrected chi connectivity index (χ2v) is 9.98. The summed E-state index contributed by atoms with van der Waals surface area (Å²) in [6, 6.07) is 28.0. The molecule has 2 heterocycles. The van der Waals surface area contributed by atoms with E-state index in [0.717, 1.165) is 49.0 Å². The van der Waals surface area contributed by atoms with E-state index in [9.17, 15) is 15.3 Å². The number of nitrogens with one attached hydrogen (secondary N) is 3. The Morgan fingerprint density at radius 3 is 1.64 bits per heavy atom. The number of aliphatic hydroxyl groups excluding tert-OH is 3. The summed E-state index contributed by atoms with van der Waals surface area (Å²) in [4.78, 5) is 21.8. The lowest BCUT2D eigenvalue weighted by Crippen LogP contribution is -2.19. The Hall–Kier alpha value is -5.97. The van der Waals surface area contributed by atoms with Crippen molar-refractivity contribution in [3.8, 4) is 0 Å². The van der Waals surface area contributed by atoms with Crippen molar-refractivity contribution in [2.24, 2.45) is 25.0 Å². The summed E-state index contributed by atoms with van der Waals surface area (Å²) in [6.07, 6.45) is 0. The van der Waals surface area contributed by atoms with E-state index >= 15 is 0 Å². The summed E-state index contributed by atoms with van der Waals surface area (Å²) < 4.78 is 0. The molecule has 2 aliphatic rings. The quantitative estimate of drug-likeness (QED) is 0.121. The molecule has 0 atom stereocenters. The molecule has 0 unspecified atom stereocenters. The molecule has 6 N–H and O–H groups in total. The Morgan fingerprint density at radius 2 is 1.09 bits per heavy atom. The second-order valence-electron chi connectivity index (χ2n) is 9.98. The molecular formula is C33H30N8O3. The van der Waals surface area contributed by atoms with Gasteiger partial charge in [-0.3, -0.25) is 9.98 Å². The number of hydrogen-bond donors (Lipinski definition) is 6. The van der Waals surface area contributed by atoms with Gasteiger partial charge in [0.2, 0.25) is 11.8 Å². The molecule has 0 radical (unpaired) electrons. The summed E-state index contributed by atoms with van der Waals surface area (Å²) in [7, 11) is 0. The van der Waals surface area contributed by atoms with Crippen LogP contribution in [0.15, 0.2) is 122 Å². The zero-order valence-corrected chi connectivity index (χ0v) is 23.6. The molecular weight excluding hydrogens is 556 g/mol. The maximum atomic E-state index is 10.7. The fourth-order valence-corrected chi connectivity index (χ4v) is 4.73. The predicted molar refractivity (Wildman–Crippen MR) is 176 cm³/mol. The zero-order chi connectivity index (χ0) is 30.3. The van der Waals surface area contributed by atoms with Gasteiger partial charge in [-0.15, -0.1) is 0 Å². The number of nitrogens with zero attached hydrogens (tertiary/aromatic N) is 5. The zero-order valence-electron chi connectivity index (χ0n) is 23.6. The third kappa shape index (κ3) is 6.90. The first-order valence-electron chi connectivity index (χ1n) is 14.1. The van der Waals surface area contributed by atoms with Crippen LogP contribution >= 0.6 is 0 Å². The van der Waals surface area contributed by atoms with Crippen molar-refractivity contribution in [3.63, 3.8) is 0 Å². The van der Waals surface area contributed by atoms with Crippen molar-refractivity contribution in [3.05, 3.63) is 119 Å². The normalized spacial score (nSPS) is 15.3. The molecule has 0 aromatic heterocycles. The Labute approximate surface area is 253 Å². The Balaban J connectivity index is 1.15. The van der Waals surface area contributed by atoms with Gasteiger partial charge < -0.3 is 31.3 Å². The first-order chi connectivity index (χ1) is 21.5. The average Bonchev–Trinajstić information content (AvgIpc) is 3.77. The average molecular weight is 587 g/mol. The lowest BCUT2D eigenvalue weighted by Gasteiger charge is -2.08. The Morgan fingerprint density at radius 1 is 0.591 bits per heavy atom. The molecule has 44 heavy (non-hydrogen) atoms. The highest BCUT2D eigenvalue weighted by Crippen LogP contribution is 2.21. The molecule has 0 fully saturated rings. The summed E-state index contributed by atoms with van der Waals surface area (Å²) >= 11 is 0. The summed E-state index contributed by atoms with van der Waals surface area (Å²) in [6.45, 7) is 3.07. The molecule has 11 nitrogen and oxygen atoms in total. The van der Waals surface area contributed by atoms with E-state index < -0.39 is 0 Å². The van der Waals surface area contributed by atoms with Gasteiger partial charge in [-0.1, -0.05) is 36.4 Å². The SMILES string of the molecule is OC(=Nc1cccc(C(O)=Nc2cccc(C3=NCCN3)c2)c1)Nc1cccc(C(O)=Nc2cccc(C3=NCCN3)c2)c1. The molecule has 0 saturated heterocycles. The van der Waals surface area contributed by atoms with E-state index in [4.69, 9.17) is 0 Å². The van der Waals surface area contributed by atoms with Gasteiger partial charge in [0.05, 0.1) is 30.2 Å².